The van der Waals surface area contributed by atoms with Crippen molar-refractivity contribution in [2.75, 3.05) is 39.6 Å². The summed E-state index contributed by atoms with van der Waals surface area (Å²) in [7, 11) is 0.149. The van der Waals surface area contributed by atoms with Gasteiger partial charge >= 0.3 is 0 Å². The quantitative estimate of drug-likeness (QED) is 0.640. The number of hydrogen-bond acceptors (Lipinski definition) is 4. The van der Waals surface area contributed by atoms with Gasteiger partial charge in [-0.1, -0.05) is 6.92 Å². The number of hydrogen-bond donors (Lipinski definition) is 1. The molecule has 1 unspecified atom stereocenters. The van der Waals surface area contributed by atoms with E-state index in [1.54, 1.807) is 14.2 Å². The summed E-state index contributed by atoms with van der Waals surface area (Å²) in [6.07, 6.45) is 0.808. The number of nitrogens with one attached hydrogen (secondary N) is 1. The van der Waals surface area contributed by atoms with E-state index in [9.17, 15) is 8.42 Å². The number of ether oxygens (including phenoxy) is 1. The maximum Gasteiger partial charge on any atom is 0.215 e. The van der Waals surface area contributed by atoms with Gasteiger partial charge in [-0.15, -0.1) is 0 Å². The minimum Gasteiger partial charge on any atom is -0.383 e. The van der Waals surface area contributed by atoms with Gasteiger partial charge in [-0.25, -0.2) is 8.42 Å². The van der Waals surface area contributed by atoms with Crippen molar-refractivity contribution in [1.82, 2.24) is 9.62 Å². The molecule has 0 heterocycles. The van der Waals surface area contributed by atoms with Gasteiger partial charge in [0.25, 0.3) is 0 Å². The van der Waals surface area contributed by atoms with E-state index < -0.39 is 10.0 Å². The average Bonchev–Trinajstić information content (AvgIpc) is 2.26. The van der Waals surface area contributed by atoms with Crippen molar-refractivity contribution < 1.29 is 13.2 Å². The van der Waals surface area contributed by atoms with Gasteiger partial charge in [-0.3, -0.25) is 0 Å². The van der Waals surface area contributed by atoms with E-state index in [2.05, 4.69) is 5.32 Å². The molecule has 0 saturated carbocycles. The van der Waals surface area contributed by atoms with Crippen LogP contribution in [0.1, 0.15) is 20.3 Å². The Bertz CT molecular complexity index is 267. The summed E-state index contributed by atoms with van der Waals surface area (Å²) in [6, 6.07) is 0.0250. The molecule has 0 aliphatic heterocycles. The lowest BCUT2D eigenvalue weighted by atomic mass is 10.3. The average molecular weight is 252 g/mol. The van der Waals surface area contributed by atoms with E-state index in [1.807, 2.05) is 13.8 Å². The Hall–Kier alpha value is -0.170. The van der Waals surface area contributed by atoms with Crippen LogP contribution in [-0.4, -0.2) is 58.4 Å². The van der Waals surface area contributed by atoms with E-state index in [-0.39, 0.29) is 11.8 Å². The first kappa shape index (κ1) is 15.8. The molecule has 0 aliphatic rings. The van der Waals surface area contributed by atoms with E-state index >= 15 is 0 Å². The predicted molar refractivity (Wildman–Crippen MR) is 66.0 cm³/mol. The molecule has 5 nitrogen and oxygen atoms in total. The zero-order valence-corrected chi connectivity index (χ0v) is 11.5. The third-order valence-corrected chi connectivity index (χ3v) is 4.54. The molecular formula is C10H24N2O3S. The van der Waals surface area contributed by atoms with Crippen molar-refractivity contribution in [3.8, 4) is 0 Å². The van der Waals surface area contributed by atoms with Gasteiger partial charge in [0.1, 0.15) is 0 Å². The number of methoxy groups -OCH3 is 1. The van der Waals surface area contributed by atoms with E-state index in [0.717, 1.165) is 6.42 Å². The topological polar surface area (TPSA) is 58.6 Å². The van der Waals surface area contributed by atoms with Crippen molar-refractivity contribution in [3.05, 3.63) is 0 Å². The fourth-order valence-corrected chi connectivity index (χ4v) is 3.11. The van der Waals surface area contributed by atoms with Crippen LogP contribution in [-0.2, 0) is 14.8 Å². The lowest BCUT2D eigenvalue weighted by Crippen LogP contribution is -2.43. The monoisotopic (exact) mass is 252 g/mol. The minimum absolute atomic E-state index is 0.0250. The molecular weight excluding hydrogens is 228 g/mol. The first-order valence-electron chi connectivity index (χ1n) is 5.62. The fourth-order valence-electron chi connectivity index (χ4n) is 1.37. The molecule has 1 atom stereocenters. The molecule has 0 aromatic rings. The molecule has 6 heteroatoms. The van der Waals surface area contributed by atoms with Crippen LogP contribution in [0, 0.1) is 0 Å². The molecule has 0 saturated heterocycles. The normalized spacial score (nSPS) is 14.3. The van der Waals surface area contributed by atoms with Gasteiger partial charge in [-0.2, -0.15) is 4.31 Å². The van der Waals surface area contributed by atoms with Crippen LogP contribution < -0.4 is 5.32 Å². The Morgan fingerprint density at radius 3 is 2.50 bits per heavy atom. The van der Waals surface area contributed by atoms with Gasteiger partial charge in [0.15, 0.2) is 0 Å². The van der Waals surface area contributed by atoms with E-state index in [4.69, 9.17) is 4.74 Å². The summed E-state index contributed by atoms with van der Waals surface area (Å²) in [4.78, 5) is 0. The summed E-state index contributed by atoms with van der Waals surface area (Å²) in [5.74, 6) is 0.136. The van der Waals surface area contributed by atoms with Crippen LogP contribution in [0.25, 0.3) is 0 Å². The maximum absolute atomic E-state index is 12.0. The minimum atomic E-state index is -3.18. The van der Waals surface area contributed by atoms with Crippen LogP contribution in [0.3, 0.4) is 0 Å². The molecule has 0 spiro atoms. The highest BCUT2D eigenvalue weighted by Crippen LogP contribution is 2.10. The molecule has 0 fully saturated rings. The molecule has 0 bridgehead atoms. The van der Waals surface area contributed by atoms with Crippen molar-refractivity contribution in [3.63, 3.8) is 0 Å². The summed E-state index contributed by atoms with van der Waals surface area (Å²) in [6.45, 7) is 5.24. The Balaban J connectivity index is 4.59. The van der Waals surface area contributed by atoms with Crippen molar-refractivity contribution in [2.45, 2.75) is 26.3 Å². The molecule has 16 heavy (non-hydrogen) atoms. The molecule has 0 amide bonds. The summed E-state index contributed by atoms with van der Waals surface area (Å²) >= 11 is 0. The highest BCUT2D eigenvalue weighted by molar-refractivity contribution is 7.89. The van der Waals surface area contributed by atoms with Crippen LogP contribution in [0.15, 0.2) is 0 Å². The summed E-state index contributed by atoms with van der Waals surface area (Å²) < 4.78 is 30.5. The highest BCUT2D eigenvalue weighted by atomic mass is 32.2. The zero-order chi connectivity index (χ0) is 12.6. The Morgan fingerprint density at radius 2 is 2.06 bits per heavy atom. The largest absolute Gasteiger partial charge is 0.383 e. The standard InChI is InChI=1S/C10H24N2O3S/c1-5-10(2)12(7-8-15-4)16(13,14)9-6-11-3/h10-11H,5-9H2,1-4H3. The molecule has 0 rings (SSSR count). The van der Waals surface area contributed by atoms with Gasteiger partial charge < -0.3 is 10.1 Å². The third-order valence-electron chi connectivity index (χ3n) is 2.57. The van der Waals surface area contributed by atoms with Gasteiger partial charge in [0, 0.05) is 26.2 Å². The summed E-state index contributed by atoms with van der Waals surface area (Å²) in [5, 5.41) is 2.85. The van der Waals surface area contributed by atoms with Gasteiger partial charge in [-0.05, 0) is 20.4 Å². The number of nitrogens with zero attached hydrogens (tertiary/aromatic N) is 1. The molecule has 0 aromatic heterocycles. The molecule has 0 aliphatic carbocycles. The van der Waals surface area contributed by atoms with Crippen molar-refractivity contribution in [2.24, 2.45) is 0 Å². The highest BCUT2D eigenvalue weighted by Gasteiger charge is 2.25. The second kappa shape index (κ2) is 8.00. The van der Waals surface area contributed by atoms with Gasteiger partial charge in [0.2, 0.25) is 10.0 Å². The maximum atomic E-state index is 12.0. The van der Waals surface area contributed by atoms with E-state index in [1.165, 1.54) is 4.31 Å². The van der Waals surface area contributed by atoms with Crippen molar-refractivity contribution >= 4 is 10.0 Å². The van der Waals surface area contributed by atoms with Crippen molar-refractivity contribution in [1.29, 1.82) is 0 Å². The van der Waals surface area contributed by atoms with Crippen LogP contribution in [0.4, 0.5) is 0 Å². The smallest absolute Gasteiger partial charge is 0.215 e. The Labute approximate surface area is 99.2 Å². The number of sulfonamides is 1. The molecule has 0 aromatic carbocycles. The van der Waals surface area contributed by atoms with E-state index in [0.29, 0.717) is 19.7 Å². The first-order chi connectivity index (χ1) is 7.49. The molecule has 1 N–H and O–H groups in total. The fraction of sp³-hybridized carbons (Fsp3) is 1.00. The second-order valence-corrected chi connectivity index (χ2v) is 5.82. The van der Waals surface area contributed by atoms with Gasteiger partial charge in [0.05, 0.1) is 12.4 Å². The second-order valence-electron chi connectivity index (χ2n) is 3.78. The van der Waals surface area contributed by atoms with Crippen LogP contribution in [0.2, 0.25) is 0 Å². The first-order valence-corrected chi connectivity index (χ1v) is 7.23. The number of rotatable bonds is 9. The zero-order valence-electron chi connectivity index (χ0n) is 10.7. The van der Waals surface area contributed by atoms with Crippen LogP contribution >= 0.6 is 0 Å². The SMILES string of the molecule is CCC(C)N(CCOC)S(=O)(=O)CCNC. The summed E-state index contributed by atoms with van der Waals surface area (Å²) in [5.41, 5.74) is 0. The Kier molecular flexibility index (Phi) is 7.91. The Morgan fingerprint density at radius 1 is 1.44 bits per heavy atom. The molecule has 0 radical (unpaired) electrons. The molecule has 98 valence electrons. The lowest BCUT2D eigenvalue weighted by Gasteiger charge is -2.27. The predicted octanol–water partition coefficient (Wildman–Crippen LogP) is 0.283. The lowest BCUT2D eigenvalue weighted by molar-refractivity contribution is 0.167. The third kappa shape index (κ3) is 5.25. The van der Waals surface area contributed by atoms with Crippen LogP contribution in [0.5, 0.6) is 0 Å².